The summed E-state index contributed by atoms with van der Waals surface area (Å²) < 4.78 is 1.69. The largest absolute Gasteiger partial charge is 0.393 e. The van der Waals surface area contributed by atoms with E-state index in [9.17, 15) is 15.0 Å². The second-order valence-corrected chi connectivity index (χ2v) is 6.20. The Labute approximate surface area is 145 Å². The Morgan fingerprint density at radius 1 is 1.16 bits per heavy atom. The maximum atomic E-state index is 12.9. The molecule has 1 aromatic carbocycles. The quantitative estimate of drug-likeness (QED) is 0.658. The van der Waals surface area contributed by atoms with Crippen LogP contribution in [0, 0.1) is 13.8 Å². The van der Waals surface area contributed by atoms with Gasteiger partial charge in [-0.3, -0.25) is 9.20 Å². The maximum absolute atomic E-state index is 12.9. The molecule has 3 aromatic rings. The zero-order valence-electron chi connectivity index (χ0n) is 14.2. The molecule has 1 amide bonds. The van der Waals surface area contributed by atoms with Crippen LogP contribution in [0.25, 0.3) is 5.65 Å². The van der Waals surface area contributed by atoms with Gasteiger partial charge in [-0.1, -0.05) is 35.9 Å². The lowest BCUT2D eigenvalue weighted by atomic mass is 9.90. The molecule has 2 heterocycles. The Kier molecular flexibility index (Phi) is 4.57. The lowest BCUT2D eigenvalue weighted by molar-refractivity contribution is 0.0652. The number of benzene rings is 1. The van der Waals surface area contributed by atoms with Crippen LogP contribution in [0.4, 0.5) is 0 Å². The molecular weight excluding hydrogens is 318 g/mol. The number of nitrogens with zero attached hydrogens (tertiary/aromatic N) is 2. The van der Waals surface area contributed by atoms with Crippen molar-refractivity contribution in [1.82, 2.24) is 14.7 Å². The minimum Gasteiger partial charge on any atom is -0.393 e. The SMILES string of the molecule is Cc1cccc(C(CO)(CO)NC(=O)c2c(C)nc3ccccn23)c1. The second kappa shape index (κ2) is 6.66. The third kappa shape index (κ3) is 3.01. The van der Waals surface area contributed by atoms with Gasteiger partial charge in [0.15, 0.2) is 0 Å². The topological polar surface area (TPSA) is 86.9 Å². The van der Waals surface area contributed by atoms with E-state index in [1.165, 1.54) is 0 Å². The molecule has 0 fully saturated rings. The van der Waals surface area contributed by atoms with Crippen molar-refractivity contribution in [3.05, 3.63) is 71.2 Å². The number of aryl methyl sites for hydroxylation is 2. The van der Waals surface area contributed by atoms with Crippen molar-refractivity contribution in [3.63, 3.8) is 0 Å². The van der Waals surface area contributed by atoms with Gasteiger partial charge in [-0.2, -0.15) is 0 Å². The van der Waals surface area contributed by atoms with Gasteiger partial charge in [-0.25, -0.2) is 4.98 Å². The number of aliphatic hydroxyl groups excluding tert-OH is 2. The molecule has 130 valence electrons. The molecular formula is C19H21N3O3. The lowest BCUT2D eigenvalue weighted by Gasteiger charge is -2.32. The first-order valence-corrected chi connectivity index (χ1v) is 8.06. The Balaban J connectivity index is 2.02. The average molecular weight is 339 g/mol. The number of fused-ring (bicyclic) bond motifs is 1. The third-order valence-corrected chi connectivity index (χ3v) is 4.38. The van der Waals surface area contributed by atoms with E-state index in [-0.39, 0.29) is 0 Å². The van der Waals surface area contributed by atoms with Crippen LogP contribution in [-0.2, 0) is 5.54 Å². The second-order valence-electron chi connectivity index (χ2n) is 6.20. The van der Waals surface area contributed by atoms with Gasteiger partial charge in [0.1, 0.15) is 16.9 Å². The number of carbonyl (C=O) groups is 1. The number of rotatable bonds is 5. The highest BCUT2D eigenvalue weighted by molar-refractivity contribution is 5.95. The van der Waals surface area contributed by atoms with Crippen LogP contribution in [-0.4, -0.2) is 38.7 Å². The molecule has 0 bridgehead atoms. The Morgan fingerprint density at radius 2 is 1.92 bits per heavy atom. The maximum Gasteiger partial charge on any atom is 0.271 e. The number of carbonyl (C=O) groups excluding carboxylic acids is 1. The van der Waals surface area contributed by atoms with E-state index in [0.717, 1.165) is 5.56 Å². The smallest absolute Gasteiger partial charge is 0.271 e. The predicted molar refractivity (Wildman–Crippen MR) is 94.4 cm³/mol. The molecule has 0 aliphatic carbocycles. The van der Waals surface area contributed by atoms with Crippen molar-refractivity contribution in [2.24, 2.45) is 0 Å². The standard InChI is InChI=1S/C19H21N3O3/c1-13-6-5-7-15(10-13)19(11-23,12-24)21-18(25)17-14(2)20-16-8-3-4-9-22(16)17/h3-10,23-24H,11-12H2,1-2H3,(H,21,25). The third-order valence-electron chi connectivity index (χ3n) is 4.38. The molecule has 3 rings (SSSR count). The van der Waals surface area contributed by atoms with Gasteiger partial charge in [-0.15, -0.1) is 0 Å². The van der Waals surface area contributed by atoms with E-state index < -0.39 is 24.7 Å². The van der Waals surface area contributed by atoms with E-state index in [1.807, 2.05) is 43.3 Å². The zero-order valence-corrected chi connectivity index (χ0v) is 14.2. The highest BCUT2D eigenvalue weighted by Crippen LogP contribution is 2.23. The first-order valence-electron chi connectivity index (χ1n) is 8.06. The molecule has 3 N–H and O–H groups in total. The summed E-state index contributed by atoms with van der Waals surface area (Å²) in [7, 11) is 0. The minimum absolute atomic E-state index is 0.384. The fourth-order valence-electron chi connectivity index (χ4n) is 2.99. The first kappa shape index (κ1) is 17.1. The molecule has 2 aromatic heterocycles. The summed E-state index contributed by atoms with van der Waals surface area (Å²) in [6, 6.07) is 12.8. The highest BCUT2D eigenvalue weighted by atomic mass is 16.3. The van der Waals surface area contributed by atoms with E-state index in [2.05, 4.69) is 10.3 Å². The fourth-order valence-corrected chi connectivity index (χ4v) is 2.99. The van der Waals surface area contributed by atoms with Crippen LogP contribution in [0.15, 0.2) is 48.7 Å². The number of pyridine rings is 1. The number of nitrogens with one attached hydrogen (secondary N) is 1. The Hall–Kier alpha value is -2.70. The summed E-state index contributed by atoms with van der Waals surface area (Å²) in [5.74, 6) is -0.402. The monoisotopic (exact) mass is 339 g/mol. The van der Waals surface area contributed by atoms with Gasteiger partial charge in [0.2, 0.25) is 0 Å². The number of imidazole rings is 1. The van der Waals surface area contributed by atoms with Crippen LogP contribution in [0.1, 0.15) is 27.3 Å². The summed E-state index contributed by atoms with van der Waals surface area (Å²) in [5.41, 5.74) is 1.99. The van der Waals surface area contributed by atoms with Crippen LogP contribution in [0.3, 0.4) is 0 Å². The van der Waals surface area contributed by atoms with E-state index in [1.54, 1.807) is 23.6 Å². The molecule has 0 atom stereocenters. The molecule has 0 saturated carbocycles. The van der Waals surface area contributed by atoms with Crippen molar-refractivity contribution >= 4 is 11.6 Å². The number of amides is 1. The van der Waals surface area contributed by atoms with Crippen molar-refractivity contribution < 1.29 is 15.0 Å². The molecule has 25 heavy (non-hydrogen) atoms. The summed E-state index contributed by atoms with van der Waals surface area (Å²) in [6.07, 6.45) is 1.76. The zero-order chi connectivity index (χ0) is 18.0. The highest BCUT2D eigenvalue weighted by Gasteiger charge is 2.34. The van der Waals surface area contributed by atoms with Gasteiger partial charge in [0.25, 0.3) is 5.91 Å². The van der Waals surface area contributed by atoms with Crippen molar-refractivity contribution in [2.75, 3.05) is 13.2 Å². The lowest BCUT2D eigenvalue weighted by Crippen LogP contribution is -2.52. The number of hydrogen-bond acceptors (Lipinski definition) is 4. The summed E-state index contributed by atoms with van der Waals surface area (Å²) in [6.45, 7) is 2.83. The molecule has 0 unspecified atom stereocenters. The normalized spacial score (nSPS) is 11.7. The Morgan fingerprint density at radius 3 is 2.60 bits per heavy atom. The van der Waals surface area contributed by atoms with Crippen molar-refractivity contribution in [3.8, 4) is 0 Å². The van der Waals surface area contributed by atoms with E-state index in [0.29, 0.717) is 22.6 Å². The van der Waals surface area contributed by atoms with Crippen LogP contribution in [0.5, 0.6) is 0 Å². The summed E-state index contributed by atoms with van der Waals surface area (Å²) >= 11 is 0. The predicted octanol–water partition coefficient (Wildman–Crippen LogP) is 1.56. The number of aromatic nitrogens is 2. The van der Waals surface area contributed by atoms with Crippen molar-refractivity contribution in [1.29, 1.82) is 0 Å². The Bertz CT molecular complexity index is 913. The fraction of sp³-hybridized carbons (Fsp3) is 0.263. The van der Waals surface area contributed by atoms with Gasteiger partial charge >= 0.3 is 0 Å². The molecule has 0 radical (unpaired) electrons. The first-order chi connectivity index (χ1) is 12.0. The van der Waals surface area contributed by atoms with E-state index >= 15 is 0 Å². The van der Waals surface area contributed by atoms with E-state index in [4.69, 9.17) is 0 Å². The van der Waals surface area contributed by atoms with Gasteiger partial charge in [0, 0.05) is 6.20 Å². The molecule has 6 heteroatoms. The van der Waals surface area contributed by atoms with Crippen LogP contribution in [0.2, 0.25) is 0 Å². The number of hydrogen-bond donors (Lipinski definition) is 3. The van der Waals surface area contributed by atoms with Gasteiger partial charge in [0.05, 0.1) is 18.9 Å². The summed E-state index contributed by atoms with van der Waals surface area (Å²) in [5, 5.41) is 22.7. The average Bonchev–Trinajstić information content (AvgIpc) is 2.95. The van der Waals surface area contributed by atoms with Gasteiger partial charge in [-0.05, 0) is 31.5 Å². The summed E-state index contributed by atoms with van der Waals surface area (Å²) in [4.78, 5) is 17.3. The molecule has 0 aliphatic rings. The molecule has 0 saturated heterocycles. The van der Waals surface area contributed by atoms with Crippen molar-refractivity contribution in [2.45, 2.75) is 19.4 Å². The number of aliphatic hydroxyl groups is 2. The van der Waals surface area contributed by atoms with Gasteiger partial charge < -0.3 is 15.5 Å². The van der Waals surface area contributed by atoms with Crippen LogP contribution >= 0.6 is 0 Å². The molecule has 0 spiro atoms. The van der Waals surface area contributed by atoms with Crippen LogP contribution < -0.4 is 5.32 Å². The molecule has 0 aliphatic heterocycles. The molecule has 6 nitrogen and oxygen atoms in total. The minimum atomic E-state index is -1.27.